The molecule has 0 aliphatic heterocycles. The zero-order valence-corrected chi connectivity index (χ0v) is 13.0. The van der Waals surface area contributed by atoms with E-state index in [1.807, 2.05) is 0 Å². The number of nitrogens with one attached hydrogen (secondary N) is 2. The van der Waals surface area contributed by atoms with Crippen LogP contribution in [0.2, 0.25) is 0 Å². The zero-order valence-electron chi connectivity index (χ0n) is 13.0. The Morgan fingerprint density at radius 1 is 1.08 bits per heavy atom. The SMILES string of the molecule is N#C/C(=N\Nc1ccc([N+](=O)[O-])cc1)C(=O)Nc1ccc(C(=O)O)cc1. The maximum Gasteiger partial charge on any atom is 0.335 e. The molecule has 2 aromatic rings. The molecule has 26 heavy (non-hydrogen) atoms. The van der Waals surface area contributed by atoms with Crippen LogP contribution in [-0.4, -0.2) is 27.6 Å². The Kier molecular flexibility index (Phi) is 5.58. The first-order valence-corrected chi connectivity index (χ1v) is 7.03. The van der Waals surface area contributed by atoms with Crippen LogP contribution >= 0.6 is 0 Å². The van der Waals surface area contributed by atoms with E-state index in [1.165, 1.54) is 48.5 Å². The summed E-state index contributed by atoms with van der Waals surface area (Å²) in [5, 5.41) is 34.5. The molecular formula is C16H11N5O5. The molecule has 10 heteroatoms. The number of nitrogens with zero attached hydrogens (tertiary/aromatic N) is 3. The normalized spacial score (nSPS) is 10.5. The van der Waals surface area contributed by atoms with Gasteiger partial charge in [0.25, 0.3) is 11.6 Å². The largest absolute Gasteiger partial charge is 0.478 e. The monoisotopic (exact) mass is 353 g/mol. The second-order valence-electron chi connectivity index (χ2n) is 4.82. The highest BCUT2D eigenvalue weighted by molar-refractivity contribution is 6.48. The first kappa shape index (κ1) is 18.1. The fourth-order valence-corrected chi connectivity index (χ4v) is 1.79. The van der Waals surface area contributed by atoms with E-state index in [2.05, 4.69) is 15.8 Å². The zero-order chi connectivity index (χ0) is 19.1. The lowest BCUT2D eigenvalue weighted by Gasteiger charge is -2.05. The Hall–Kier alpha value is -4.26. The number of nitro groups is 1. The minimum atomic E-state index is -1.10. The van der Waals surface area contributed by atoms with Crippen molar-refractivity contribution in [1.82, 2.24) is 0 Å². The van der Waals surface area contributed by atoms with Crippen LogP contribution in [0.1, 0.15) is 10.4 Å². The van der Waals surface area contributed by atoms with Crippen molar-refractivity contribution in [1.29, 1.82) is 5.26 Å². The van der Waals surface area contributed by atoms with Crippen molar-refractivity contribution in [3.63, 3.8) is 0 Å². The maximum atomic E-state index is 12.0. The number of rotatable bonds is 6. The van der Waals surface area contributed by atoms with Gasteiger partial charge in [-0.2, -0.15) is 10.4 Å². The fraction of sp³-hybridized carbons (Fsp3) is 0. The van der Waals surface area contributed by atoms with Crippen LogP contribution < -0.4 is 10.7 Å². The number of non-ortho nitro benzene ring substituents is 1. The maximum absolute atomic E-state index is 12.0. The number of carboxylic acid groups (broad SMARTS) is 1. The molecule has 0 heterocycles. The Balaban J connectivity index is 2.05. The predicted molar refractivity (Wildman–Crippen MR) is 91.8 cm³/mol. The minimum Gasteiger partial charge on any atom is -0.478 e. The van der Waals surface area contributed by atoms with Crippen LogP contribution in [0.15, 0.2) is 53.6 Å². The Bertz CT molecular complexity index is 914. The van der Waals surface area contributed by atoms with Gasteiger partial charge in [-0.05, 0) is 36.4 Å². The van der Waals surface area contributed by atoms with Crippen LogP contribution in [0.4, 0.5) is 17.1 Å². The van der Waals surface area contributed by atoms with E-state index in [1.54, 1.807) is 6.07 Å². The van der Waals surface area contributed by atoms with Gasteiger partial charge in [0.05, 0.1) is 16.2 Å². The molecular weight excluding hydrogens is 342 g/mol. The van der Waals surface area contributed by atoms with Crippen molar-refractivity contribution in [2.75, 3.05) is 10.7 Å². The molecule has 0 aliphatic rings. The molecule has 0 saturated heterocycles. The summed E-state index contributed by atoms with van der Waals surface area (Å²) in [5.74, 6) is -1.90. The molecule has 10 nitrogen and oxygen atoms in total. The smallest absolute Gasteiger partial charge is 0.335 e. The summed E-state index contributed by atoms with van der Waals surface area (Å²) in [7, 11) is 0. The van der Waals surface area contributed by atoms with Crippen LogP contribution in [-0.2, 0) is 4.79 Å². The first-order valence-electron chi connectivity index (χ1n) is 7.03. The molecule has 3 N–H and O–H groups in total. The number of carboxylic acids is 1. The lowest BCUT2D eigenvalue weighted by molar-refractivity contribution is -0.384. The molecule has 0 atom stereocenters. The predicted octanol–water partition coefficient (Wildman–Crippen LogP) is 2.22. The number of nitro benzene ring substituents is 1. The average molecular weight is 353 g/mol. The van der Waals surface area contributed by atoms with Crippen molar-refractivity contribution in [2.24, 2.45) is 5.10 Å². The van der Waals surface area contributed by atoms with E-state index >= 15 is 0 Å². The van der Waals surface area contributed by atoms with E-state index in [9.17, 15) is 19.7 Å². The first-order chi connectivity index (χ1) is 12.4. The van der Waals surface area contributed by atoms with Crippen LogP contribution in [0.5, 0.6) is 0 Å². The molecule has 0 saturated carbocycles. The summed E-state index contributed by atoms with van der Waals surface area (Å²) in [4.78, 5) is 32.8. The van der Waals surface area contributed by atoms with Gasteiger partial charge in [-0.15, -0.1) is 0 Å². The van der Waals surface area contributed by atoms with Gasteiger partial charge in [-0.1, -0.05) is 0 Å². The summed E-state index contributed by atoms with van der Waals surface area (Å²) in [5.41, 5.74) is 2.56. The van der Waals surface area contributed by atoms with Gasteiger partial charge >= 0.3 is 5.97 Å². The van der Waals surface area contributed by atoms with Crippen molar-refractivity contribution in [2.45, 2.75) is 0 Å². The number of aromatic carboxylic acids is 1. The number of hydrazone groups is 1. The standard InChI is InChI=1S/C16H11N5O5/c17-9-14(20-19-12-5-7-13(8-6-12)21(25)26)15(22)18-11-3-1-10(2-4-11)16(23)24/h1-8,19H,(H,18,22)(H,23,24)/b20-14+. The molecule has 0 fully saturated rings. The number of carbonyl (C=O) groups excluding carboxylic acids is 1. The lowest BCUT2D eigenvalue weighted by Crippen LogP contribution is -2.22. The van der Waals surface area contributed by atoms with E-state index in [4.69, 9.17) is 10.4 Å². The van der Waals surface area contributed by atoms with E-state index < -0.39 is 22.5 Å². The number of carbonyl (C=O) groups is 2. The van der Waals surface area contributed by atoms with Gasteiger partial charge in [0, 0.05) is 17.8 Å². The summed E-state index contributed by atoms with van der Waals surface area (Å²) in [6.07, 6.45) is 0. The van der Waals surface area contributed by atoms with Gasteiger partial charge in [-0.25, -0.2) is 4.79 Å². The lowest BCUT2D eigenvalue weighted by atomic mass is 10.2. The van der Waals surface area contributed by atoms with E-state index in [0.717, 1.165) is 0 Å². The van der Waals surface area contributed by atoms with Gasteiger partial charge < -0.3 is 10.4 Å². The fourth-order valence-electron chi connectivity index (χ4n) is 1.79. The summed E-state index contributed by atoms with van der Waals surface area (Å²) < 4.78 is 0. The summed E-state index contributed by atoms with van der Waals surface area (Å²) in [6.45, 7) is 0. The molecule has 2 rings (SSSR count). The van der Waals surface area contributed by atoms with Gasteiger partial charge in [0.1, 0.15) is 6.07 Å². The molecule has 0 bridgehead atoms. The third-order valence-corrected chi connectivity index (χ3v) is 3.09. The third-order valence-electron chi connectivity index (χ3n) is 3.09. The second kappa shape index (κ2) is 8.02. The summed E-state index contributed by atoms with van der Waals surface area (Å²) in [6, 6.07) is 12.2. The van der Waals surface area contributed by atoms with Crippen LogP contribution in [0.3, 0.4) is 0 Å². The number of hydrogen-bond donors (Lipinski definition) is 3. The minimum absolute atomic E-state index is 0.0528. The Morgan fingerprint density at radius 3 is 2.15 bits per heavy atom. The molecule has 0 radical (unpaired) electrons. The highest BCUT2D eigenvalue weighted by Crippen LogP contribution is 2.15. The van der Waals surface area contributed by atoms with Gasteiger partial charge in [0.15, 0.2) is 0 Å². The van der Waals surface area contributed by atoms with Crippen molar-refractivity contribution in [3.8, 4) is 6.07 Å². The van der Waals surface area contributed by atoms with Crippen molar-refractivity contribution >= 4 is 34.7 Å². The quantitative estimate of drug-likeness (QED) is 0.408. The van der Waals surface area contributed by atoms with E-state index in [0.29, 0.717) is 11.4 Å². The van der Waals surface area contributed by atoms with Gasteiger partial charge in [-0.3, -0.25) is 20.3 Å². The number of benzene rings is 2. The van der Waals surface area contributed by atoms with Crippen molar-refractivity contribution < 1.29 is 19.6 Å². The average Bonchev–Trinajstić information content (AvgIpc) is 2.63. The molecule has 130 valence electrons. The number of hydrogen-bond acceptors (Lipinski definition) is 7. The molecule has 0 unspecified atom stereocenters. The Labute approximate surface area is 146 Å². The van der Waals surface area contributed by atoms with Crippen LogP contribution in [0.25, 0.3) is 0 Å². The number of amides is 1. The van der Waals surface area contributed by atoms with Crippen LogP contribution in [0, 0.1) is 21.4 Å². The highest BCUT2D eigenvalue weighted by atomic mass is 16.6. The van der Waals surface area contributed by atoms with Crippen molar-refractivity contribution in [3.05, 3.63) is 64.2 Å². The highest BCUT2D eigenvalue weighted by Gasteiger charge is 2.12. The molecule has 2 aromatic carbocycles. The third kappa shape index (κ3) is 4.62. The second-order valence-corrected chi connectivity index (χ2v) is 4.82. The topological polar surface area (TPSA) is 158 Å². The molecule has 0 spiro atoms. The molecule has 1 amide bonds. The van der Waals surface area contributed by atoms with E-state index in [-0.39, 0.29) is 11.3 Å². The number of anilines is 2. The van der Waals surface area contributed by atoms with Gasteiger partial charge in [0.2, 0.25) is 5.71 Å². The molecule has 0 aromatic heterocycles. The molecule has 0 aliphatic carbocycles. The summed E-state index contributed by atoms with van der Waals surface area (Å²) >= 11 is 0. The Morgan fingerprint density at radius 2 is 1.65 bits per heavy atom. The number of nitriles is 1.